The lowest BCUT2D eigenvalue weighted by atomic mass is 10.2. The molecule has 1 heterocycles. The van der Waals surface area contributed by atoms with Gasteiger partial charge in [0.15, 0.2) is 15.8 Å². The number of hydrogen-bond acceptors (Lipinski definition) is 7. The van der Waals surface area contributed by atoms with Crippen LogP contribution in [0.5, 0.6) is 11.5 Å². The maximum atomic E-state index is 12.0. The Morgan fingerprint density at radius 1 is 1.39 bits per heavy atom. The van der Waals surface area contributed by atoms with Crippen molar-refractivity contribution in [3.8, 4) is 11.5 Å². The molecule has 0 aliphatic carbocycles. The molecule has 1 aromatic heterocycles. The molecule has 28 heavy (non-hydrogen) atoms. The quantitative estimate of drug-likeness (QED) is 0.202. The molecule has 0 aliphatic rings. The van der Waals surface area contributed by atoms with Gasteiger partial charge >= 0.3 is 0 Å². The van der Waals surface area contributed by atoms with E-state index in [4.69, 9.17) is 9.47 Å². The smallest absolute Gasteiger partial charge is 0.250 e. The van der Waals surface area contributed by atoms with Gasteiger partial charge in [0.2, 0.25) is 0 Å². The fraction of sp³-hybridized carbons (Fsp3) is 0.211. The molecule has 1 N–H and O–H groups in total. The molecule has 0 atom stereocenters. The topological polar surface area (TPSA) is 72.8 Å². The molecule has 0 bridgehead atoms. The summed E-state index contributed by atoms with van der Waals surface area (Å²) in [6, 6.07) is 11.7. The van der Waals surface area contributed by atoms with E-state index in [-0.39, 0.29) is 11.7 Å². The van der Waals surface area contributed by atoms with Crippen molar-refractivity contribution in [2.75, 3.05) is 19.5 Å². The predicted octanol–water partition coefficient (Wildman–Crippen LogP) is 4.55. The molecular weight excluding hydrogens is 509 g/mol. The van der Waals surface area contributed by atoms with Crippen LogP contribution in [0.15, 0.2) is 45.8 Å². The number of hydrogen-bond donors (Lipinski definition) is 1. The van der Waals surface area contributed by atoms with Crippen molar-refractivity contribution in [2.24, 2.45) is 5.10 Å². The van der Waals surface area contributed by atoms with Crippen LogP contribution >= 0.6 is 45.7 Å². The number of hydrazone groups is 1. The summed E-state index contributed by atoms with van der Waals surface area (Å²) in [5, 5.41) is 4.04. The van der Waals surface area contributed by atoms with Crippen LogP contribution in [0.4, 0.5) is 0 Å². The number of amides is 1. The third kappa shape index (κ3) is 5.36. The summed E-state index contributed by atoms with van der Waals surface area (Å²) in [4.78, 5) is 16.5. The second-order valence-electron chi connectivity index (χ2n) is 5.50. The van der Waals surface area contributed by atoms with Crippen molar-refractivity contribution in [2.45, 2.75) is 11.3 Å². The van der Waals surface area contributed by atoms with Crippen LogP contribution in [-0.4, -0.2) is 36.6 Å². The number of carbonyl (C=O) groups is 1. The van der Waals surface area contributed by atoms with E-state index in [1.807, 2.05) is 43.3 Å². The number of aromatic nitrogens is 1. The minimum absolute atomic E-state index is 0.186. The highest BCUT2D eigenvalue weighted by atomic mass is 127. The predicted molar refractivity (Wildman–Crippen MR) is 123 cm³/mol. The molecule has 0 spiro atoms. The van der Waals surface area contributed by atoms with Gasteiger partial charge in [-0.15, -0.1) is 11.3 Å². The van der Waals surface area contributed by atoms with Gasteiger partial charge in [-0.25, -0.2) is 10.4 Å². The van der Waals surface area contributed by atoms with E-state index in [9.17, 15) is 4.79 Å². The lowest BCUT2D eigenvalue weighted by molar-refractivity contribution is -0.118. The Morgan fingerprint density at radius 2 is 2.21 bits per heavy atom. The van der Waals surface area contributed by atoms with Crippen molar-refractivity contribution in [3.63, 3.8) is 0 Å². The second-order valence-corrected chi connectivity index (χ2v) is 8.91. The fourth-order valence-electron chi connectivity index (χ4n) is 2.37. The number of rotatable bonds is 8. The van der Waals surface area contributed by atoms with Gasteiger partial charge in [0.1, 0.15) is 0 Å². The Morgan fingerprint density at radius 3 is 2.96 bits per heavy atom. The average Bonchev–Trinajstić information content (AvgIpc) is 3.09. The van der Waals surface area contributed by atoms with E-state index in [1.54, 1.807) is 24.7 Å². The Hall–Kier alpha value is -1.85. The number of methoxy groups -OCH3 is 1. The van der Waals surface area contributed by atoms with Crippen molar-refractivity contribution < 1.29 is 14.3 Å². The minimum atomic E-state index is -0.186. The summed E-state index contributed by atoms with van der Waals surface area (Å²) in [5.74, 6) is 1.40. The molecule has 6 nitrogen and oxygen atoms in total. The van der Waals surface area contributed by atoms with Gasteiger partial charge < -0.3 is 9.47 Å². The van der Waals surface area contributed by atoms with Gasteiger partial charge in [0.25, 0.3) is 5.91 Å². The number of halogens is 1. The molecule has 9 heteroatoms. The maximum Gasteiger partial charge on any atom is 0.250 e. The van der Waals surface area contributed by atoms with Gasteiger partial charge in [-0.05, 0) is 59.3 Å². The van der Waals surface area contributed by atoms with Gasteiger partial charge in [-0.1, -0.05) is 23.9 Å². The first-order valence-electron chi connectivity index (χ1n) is 8.41. The minimum Gasteiger partial charge on any atom is -0.492 e. The van der Waals surface area contributed by atoms with Crippen molar-refractivity contribution in [1.82, 2.24) is 10.4 Å². The Bertz CT molecular complexity index is 974. The zero-order valence-corrected chi connectivity index (χ0v) is 19.1. The van der Waals surface area contributed by atoms with E-state index in [2.05, 4.69) is 38.1 Å². The van der Waals surface area contributed by atoms with Gasteiger partial charge in [0.05, 0.1) is 39.5 Å². The molecule has 0 saturated carbocycles. The number of thiazole rings is 1. The van der Waals surface area contributed by atoms with Crippen molar-refractivity contribution in [1.29, 1.82) is 0 Å². The van der Waals surface area contributed by atoms with Crippen LogP contribution < -0.4 is 14.9 Å². The summed E-state index contributed by atoms with van der Waals surface area (Å²) in [6.45, 7) is 2.45. The van der Waals surface area contributed by atoms with Crippen molar-refractivity contribution >= 4 is 68.0 Å². The highest BCUT2D eigenvalue weighted by molar-refractivity contribution is 14.1. The number of fused-ring (bicyclic) bond motifs is 1. The normalized spacial score (nSPS) is 11.1. The third-order valence-corrected chi connectivity index (χ3v) is 6.52. The SMILES string of the molecule is CCOc1cc(/C=N\NC(=O)CSc2nc3ccccc3s2)cc(I)c1OC. The highest BCUT2D eigenvalue weighted by Crippen LogP contribution is 2.33. The average molecular weight is 527 g/mol. The second kappa shape index (κ2) is 10.1. The molecule has 1 amide bonds. The van der Waals surface area contributed by atoms with Gasteiger partial charge in [-0.2, -0.15) is 5.10 Å². The Kier molecular flexibility index (Phi) is 7.51. The van der Waals surface area contributed by atoms with E-state index in [0.717, 1.165) is 23.7 Å². The molecule has 0 fully saturated rings. The van der Waals surface area contributed by atoms with E-state index in [0.29, 0.717) is 18.1 Å². The summed E-state index contributed by atoms with van der Waals surface area (Å²) in [6.07, 6.45) is 1.59. The number of nitrogens with one attached hydrogen (secondary N) is 1. The van der Waals surface area contributed by atoms with Crippen LogP contribution in [-0.2, 0) is 4.79 Å². The first-order chi connectivity index (χ1) is 13.6. The third-order valence-electron chi connectivity index (χ3n) is 3.54. The number of nitrogens with zero attached hydrogens (tertiary/aromatic N) is 2. The summed E-state index contributed by atoms with van der Waals surface area (Å²) < 4.78 is 13.9. The lowest BCUT2D eigenvalue weighted by Gasteiger charge is -2.11. The zero-order chi connectivity index (χ0) is 19.9. The number of benzene rings is 2. The molecule has 2 aromatic carbocycles. The molecule has 0 aliphatic heterocycles. The van der Waals surface area contributed by atoms with E-state index >= 15 is 0 Å². The highest BCUT2D eigenvalue weighted by Gasteiger charge is 2.10. The number of ether oxygens (including phenoxy) is 2. The lowest BCUT2D eigenvalue weighted by Crippen LogP contribution is -2.19. The summed E-state index contributed by atoms with van der Waals surface area (Å²) in [5.41, 5.74) is 4.31. The van der Waals surface area contributed by atoms with Crippen LogP contribution in [0.25, 0.3) is 10.2 Å². The number of thioether (sulfide) groups is 1. The number of para-hydroxylation sites is 1. The number of carbonyl (C=O) groups excluding carboxylic acids is 1. The largest absolute Gasteiger partial charge is 0.492 e. The van der Waals surface area contributed by atoms with Crippen molar-refractivity contribution in [3.05, 3.63) is 45.5 Å². The first kappa shape index (κ1) is 20.9. The van der Waals surface area contributed by atoms with Crippen LogP contribution in [0.2, 0.25) is 0 Å². The molecule has 3 rings (SSSR count). The van der Waals surface area contributed by atoms with Gasteiger partial charge in [-0.3, -0.25) is 4.79 Å². The molecule has 0 unspecified atom stereocenters. The Labute approximate surface area is 184 Å². The zero-order valence-electron chi connectivity index (χ0n) is 15.3. The molecule has 3 aromatic rings. The fourth-order valence-corrected chi connectivity index (χ4v) is 5.08. The maximum absolute atomic E-state index is 12.0. The monoisotopic (exact) mass is 527 g/mol. The molecule has 0 saturated heterocycles. The molecule has 146 valence electrons. The van der Waals surface area contributed by atoms with E-state index in [1.165, 1.54) is 11.8 Å². The van der Waals surface area contributed by atoms with Crippen LogP contribution in [0.3, 0.4) is 0 Å². The van der Waals surface area contributed by atoms with Gasteiger partial charge in [0, 0.05) is 0 Å². The van der Waals surface area contributed by atoms with Crippen LogP contribution in [0.1, 0.15) is 12.5 Å². The molecule has 0 radical (unpaired) electrons. The summed E-state index contributed by atoms with van der Waals surface area (Å²) in [7, 11) is 1.61. The Balaban J connectivity index is 1.57. The molecular formula is C19H18IN3O3S2. The first-order valence-corrected chi connectivity index (χ1v) is 11.3. The van der Waals surface area contributed by atoms with Crippen LogP contribution in [0, 0.1) is 3.57 Å². The van der Waals surface area contributed by atoms with E-state index < -0.39 is 0 Å². The standard InChI is InChI=1S/C19H18IN3O3S2/c1-3-26-15-9-12(8-13(20)18(15)25-2)10-21-23-17(24)11-27-19-22-14-6-4-5-7-16(14)28-19/h4-10H,3,11H2,1-2H3,(H,23,24)/b21-10-. The summed E-state index contributed by atoms with van der Waals surface area (Å²) >= 11 is 5.16.